The maximum absolute atomic E-state index is 14.2. The van der Waals surface area contributed by atoms with Crippen LogP contribution in [0, 0.1) is 18.7 Å². The Kier molecular flexibility index (Phi) is 4.16. The summed E-state index contributed by atoms with van der Waals surface area (Å²) in [6.45, 7) is 1.84. The van der Waals surface area contributed by atoms with Crippen LogP contribution in [0.25, 0.3) is 0 Å². The molecule has 0 aliphatic heterocycles. The molecule has 1 aliphatic carbocycles. The van der Waals surface area contributed by atoms with Crippen molar-refractivity contribution >= 4 is 0 Å². The van der Waals surface area contributed by atoms with E-state index in [1.807, 2.05) is 32.2 Å². The highest BCUT2D eigenvalue weighted by molar-refractivity contribution is 5.28. The first kappa shape index (κ1) is 12.6. The Hall–Kier alpha value is -0.890. The summed E-state index contributed by atoms with van der Waals surface area (Å²) in [4.78, 5) is 0. The third-order valence-corrected chi connectivity index (χ3v) is 3.99. The quantitative estimate of drug-likeness (QED) is 0.835. The van der Waals surface area contributed by atoms with E-state index in [2.05, 4.69) is 5.32 Å². The molecule has 1 saturated carbocycles. The maximum Gasteiger partial charge on any atom is 0.130 e. The summed E-state index contributed by atoms with van der Waals surface area (Å²) < 4.78 is 14.2. The van der Waals surface area contributed by atoms with Crippen LogP contribution >= 0.6 is 0 Å². The van der Waals surface area contributed by atoms with E-state index in [4.69, 9.17) is 0 Å². The van der Waals surface area contributed by atoms with E-state index in [0.717, 1.165) is 11.1 Å². The molecule has 1 fully saturated rings. The number of hydrogen-bond acceptors (Lipinski definition) is 1. The molecule has 0 aromatic heterocycles. The van der Waals surface area contributed by atoms with Gasteiger partial charge < -0.3 is 5.32 Å². The highest BCUT2D eigenvalue weighted by Crippen LogP contribution is 2.35. The normalized spacial score (nSPS) is 19.2. The predicted molar refractivity (Wildman–Crippen MR) is 69.5 cm³/mol. The Bertz CT molecular complexity index is 369. The van der Waals surface area contributed by atoms with E-state index < -0.39 is 0 Å². The number of benzene rings is 1. The number of halogens is 1. The molecular formula is C15H22FN. The molecular weight excluding hydrogens is 213 g/mol. The third-order valence-electron chi connectivity index (χ3n) is 3.99. The van der Waals surface area contributed by atoms with Crippen molar-refractivity contribution in [2.45, 2.75) is 45.1 Å². The maximum atomic E-state index is 14.2. The second kappa shape index (κ2) is 5.63. The second-order valence-electron chi connectivity index (χ2n) is 5.14. The van der Waals surface area contributed by atoms with Crippen LogP contribution in [-0.4, -0.2) is 7.05 Å². The van der Waals surface area contributed by atoms with Gasteiger partial charge in [-0.1, -0.05) is 37.5 Å². The van der Waals surface area contributed by atoms with E-state index >= 15 is 0 Å². The molecule has 1 aromatic rings. The lowest BCUT2D eigenvalue weighted by molar-refractivity contribution is 0.276. The lowest BCUT2D eigenvalue weighted by Crippen LogP contribution is -2.28. The SMILES string of the molecule is CNC(c1cccc(C)c1F)C1CCCCC1. The van der Waals surface area contributed by atoms with Gasteiger partial charge in [0.15, 0.2) is 0 Å². The van der Waals surface area contributed by atoms with Gasteiger partial charge in [0, 0.05) is 11.6 Å². The van der Waals surface area contributed by atoms with Gasteiger partial charge in [0.1, 0.15) is 5.82 Å². The number of nitrogens with one attached hydrogen (secondary N) is 1. The minimum atomic E-state index is -0.0302. The summed E-state index contributed by atoms with van der Waals surface area (Å²) in [6, 6.07) is 5.90. The largest absolute Gasteiger partial charge is 0.313 e. The van der Waals surface area contributed by atoms with E-state index in [1.165, 1.54) is 32.1 Å². The summed E-state index contributed by atoms with van der Waals surface area (Å²) in [7, 11) is 1.95. The lowest BCUT2D eigenvalue weighted by Gasteiger charge is -2.30. The highest BCUT2D eigenvalue weighted by Gasteiger charge is 2.26. The van der Waals surface area contributed by atoms with Gasteiger partial charge in [-0.2, -0.15) is 0 Å². The van der Waals surface area contributed by atoms with E-state index in [0.29, 0.717) is 5.92 Å². The highest BCUT2D eigenvalue weighted by atomic mass is 19.1. The third kappa shape index (κ3) is 2.68. The zero-order valence-electron chi connectivity index (χ0n) is 10.8. The molecule has 0 heterocycles. The average molecular weight is 235 g/mol. The van der Waals surface area contributed by atoms with Crippen LogP contribution in [0.1, 0.15) is 49.3 Å². The van der Waals surface area contributed by atoms with Gasteiger partial charge in [0.25, 0.3) is 0 Å². The smallest absolute Gasteiger partial charge is 0.130 e. The molecule has 0 spiro atoms. The van der Waals surface area contributed by atoms with Crippen molar-refractivity contribution in [3.8, 4) is 0 Å². The summed E-state index contributed by atoms with van der Waals surface area (Å²) in [5.41, 5.74) is 1.60. The Labute approximate surface area is 103 Å². The molecule has 0 amide bonds. The first-order chi connectivity index (χ1) is 8.24. The van der Waals surface area contributed by atoms with Crippen LogP contribution in [0.3, 0.4) is 0 Å². The fourth-order valence-corrected chi connectivity index (χ4v) is 3.02. The van der Waals surface area contributed by atoms with Crippen molar-refractivity contribution in [1.82, 2.24) is 5.32 Å². The molecule has 17 heavy (non-hydrogen) atoms. The van der Waals surface area contributed by atoms with Crippen molar-refractivity contribution in [1.29, 1.82) is 0 Å². The van der Waals surface area contributed by atoms with Crippen LogP contribution in [-0.2, 0) is 0 Å². The first-order valence-electron chi connectivity index (χ1n) is 6.66. The topological polar surface area (TPSA) is 12.0 Å². The molecule has 1 nitrogen and oxygen atoms in total. The molecule has 1 atom stereocenters. The van der Waals surface area contributed by atoms with Gasteiger partial charge >= 0.3 is 0 Å². The Morgan fingerprint density at radius 1 is 1.24 bits per heavy atom. The molecule has 0 radical (unpaired) electrons. The molecule has 1 aromatic carbocycles. The summed E-state index contributed by atoms with van der Waals surface area (Å²) in [6.07, 6.45) is 6.35. The molecule has 1 N–H and O–H groups in total. The van der Waals surface area contributed by atoms with Gasteiger partial charge in [-0.15, -0.1) is 0 Å². The fourth-order valence-electron chi connectivity index (χ4n) is 3.02. The number of rotatable bonds is 3. The molecule has 2 heteroatoms. The predicted octanol–water partition coefficient (Wildman–Crippen LogP) is 3.97. The van der Waals surface area contributed by atoms with Crippen LogP contribution in [0.5, 0.6) is 0 Å². The van der Waals surface area contributed by atoms with Gasteiger partial charge in [0.2, 0.25) is 0 Å². The van der Waals surface area contributed by atoms with Crippen molar-refractivity contribution in [2.24, 2.45) is 5.92 Å². The molecule has 1 aliphatic rings. The van der Waals surface area contributed by atoms with E-state index in [-0.39, 0.29) is 11.9 Å². The summed E-state index contributed by atoms with van der Waals surface area (Å²) >= 11 is 0. The van der Waals surface area contributed by atoms with Gasteiger partial charge in [-0.05, 0) is 38.3 Å². The Morgan fingerprint density at radius 2 is 1.94 bits per heavy atom. The van der Waals surface area contributed by atoms with E-state index in [9.17, 15) is 4.39 Å². The Balaban J connectivity index is 2.24. The monoisotopic (exact) mass is 235 g/mol. The van der Waals surface area contributed by atoms with Gasteiger partial charge in [-0.3, -0.25) is 0 Å². The zero-order valence-corrected chi connectivity index (χ0v) is 10.8. The standard InChI is InChI=1S/C15H22FN/c1-11-7-6-10-13(14(11)16)15(17-2)12-8-4-3-5-9-12/h6-7,10,12,15,17H,3-5,8-9H2,1-2H3. The Morgan fingerprint density at radius 3 is 2.59 bits per heavy atom. The van der Waals surface area contributed by atoms with Crippen molar-refractivity contribution in [3.63, 3.8) is 0 Å². The first-order valence-corrected chi connectivity index (χ1v) is 6.66. The zero-order chi connectivity index (χ0) is 12.3. The van der Waals surface area contributed by atoms with Crippen LogP contribution in [0.4, 0.5) is 4.39 Å². The second-order valence-corrected chi connectivity index (χ2v) is 5.14. The number of aryl methyl sites for hydroxylation is 1. The average Bonchev–Trinajstić information content (AvgIpc) is 2.37. The minimum Gasteiger partial charge on any atom is -0.313 e. The van der Waals surface area contributed by atoms with Crippen molar-refractivity contribution in [2.75, 3.05) is 7.05 Å². The van der Waals surface area contributed by atoms with Crippen molar-refractivity contribution < 1.29 is 4.39 Å². The fraction of sp³-hybridized carbons (Fsp3) is 0.600. The lowest BCUT2D eigenvalue weighted by atomic mass is 9.81. The van der Waals surface area contributed by atoms with Crippen LogP contribution in [0.2, 0.25) is 0 Å². The summed E-state index contributed by atoms with van der Waals surface area (Å²) in [5, 5.41) is 3.32. The van der Waals surface area contributed by atoms with Gasteiger partial charge in [-0.25, -0.2) is 4.39 Å². The molecule has 0 saturated heterocycles. The molecule has 1 unspecified atom stereocenters. The minimum absolute atomic E-state index is 0.0302. The number of hydrogen-bond donors (Lipinski definition) is 1. The molecule has 2 rings (SSSR count). The molecule has 0 bridgehead atoms. The van der Waals surface area contributed by atoms with Crippen LogP contribution < -0.4 is 5.32 Å². The van der Waals surface area contributed by atoms with Crippen LogP contribution in [0.15, 0.2) is 18.2 Å². The van der Waals surface area contributed by atoms with Crippen molar-refractivity contribution in [3.05, 3.63) is 35.1 Å². The van der Waals surface area contributed by atoms with Gasteiger partial charge in [0.05, 0.1) is 0 Å². The summed E-state index contributed by atoms with van der Waals surface area (Å²) in [5.74, 6) is 0.558. The molecule has 94 valence electrons. The van der Waals surface area contributed by atoms with E-state index in [1.54, 1.807) is 0 Å².